The van der Waals surface area contributed by atoms with Crippen LogP contribution in [0.1, 0.15) is 72.6 Å². The molecule has 0 bridgehead atoms. The van der Waals surface area contributed by atoms with E-state index in [1.165, 1.54) is 0 Å². The molecule has 1 fully saturated rings. The Morgan fingerprint density at radius 1 is 1.12 bits per heavy atom. The highest BCUT2D eigenvalue weighted by Gasteiger charge is 2.30. The van der Waals surface area contributed by atoms with Crippen molar-refractivity contribution in [1.29, 1.82) is 0 Å². The zero-order valence-electron chi connectivity index (χ0n) is 20.0. The van der Waals surface area contributed by atoms with Gasteiger partial charge in [0.15, 0.2) is 6.23 Å². The molecule has 1 aromatic carbocycles. The summed E-state index contributed by atoms with van der Waals surface area (Å²) in [6.07, 6.45) is 3.01. The van der Waals surface area contributed by atoms with Crippen LogP contribution in [0.15, 0.2) is 18.3 Å². The summed E-state index contributed by atoms with van der Waals surface area (Å²) in [5.41, 5.74) is 3.12. The van der Waals surface area contributed by atoms with Gasteiger partial charge in [-0.15, -0.1) is 0 Å². The molecule has 0 spiro atoms. The summed E-state index contributed by atoms with van der Waals surface area (Å²) in [6, 6.07) is 3.83. The fourth-order valence-electron chi connectivity index (χ4n) is 3.55. The van der Waals surface area contributed by atoms with Crippen LogP contribution in [0.5, 0.6) is 0 Å². The first-order valence-corrected chi connectivity index (χ1v) is 11.0. The number of aryl methyl sites for hydroxylation is 1. The molecule has 176 valence electrons. The number of hydrogen-bond acceptors (Lipinski definition) is 6. The van der Waals surface area contributed by atoms with Crippen LogP contribution in [0, 0.1) is 6.92 Å². The topological polar surface area (TPSA) is 94.9 Å². The zero-order valence-corrected chi connectivity index (χ0v) is 20.0. The first-order valence-electron chi connectivity index (χ1n) is 11.0. The fraction of sp³-hybridized carbons (Fsp3) is 0.609. The third-order valence-corrected chi connectivity index (χ3v) is 4.78. The summed E-state index contributed by atoms with van der Waals surface area (Å²) in [5, 5.41) is 6.34. The molecule has 3 rings (SSSR count). The molecule has 2 amide bonds. The summed E-state index contributed by atoms with van der Waals surface area (Å²) < 4.78 is 18.7. The summed E-state index contributed by atoms with van der Waals surface area (Å²) in [7, 11) is 0. The van der Waals surface area contributed by atoms with E-state index < -0.39 is 23.4 Å². The van der Waals surface area contributed by atoms with Gasteiger partial charge in [-0.3, -0.25) is 0 Å². The lowest BCUT2D eigenvalue weighted by atomic mass is 10.1. The molecule has 1 aliphatic rings. The van der Waals surface area contributed by atoms with Crippen molar-refractivity contribution in [3.8, 4) is 0 Å². The standard InChI is InChI=1S/C23H34N4O5/c1-15-11-12-17-16(14-24-26(17)18-10-8-9-13-30-18)19(15)27(21(29)32-23(5,6)7)25-20(28)31-22(2,3)4/h11-12,14,18H,8-10,13H2,1-7H3,(H,25,28). The Labute approximate surface area is 188 Å². The molecule has 0 aliphatic carbocycles. The van der Waals surface area contributed by atoms with Gasteiger partial charge < -0.3 is 14.2 Å². The van der Waals surface area contributed by atoms with E-state index in [4.69, 9.17) is 14.2 Å². The minimum atomic E-state index is -0.761. The van der Waals surface area contributed by atoms with Gasteiger partial charge in [0.2, 0.25) is 0 Å². The molecule has 1 unspecified atom stereocenters. The summed E-state index contributed by atoms with van der Waals surface area (Å²) >= 11 is 0. The minimum absolute atomic E-state index is 0.161. The van der Waals surface area contributed by atoms with E-state index in [0.717, 1.165) is 35.4 Å². The van der Waals surface area contributed by atoms with Crippen molar-refractivity contribution in [2.45, 2.75) is 85.2 Å². The number of hydrogen-bond donors (Lipinski definition) is 1. The van der Waals surface area contributed by atoms with Gasteiger partial charge >= 0.3 is 12.2 Å². The number of anilines is 1. The number of nitrogens with one attached hydrogen (secondary N) is 1. The Kier molecular flexibility index (Phi) is 6.69. The van der Waals surface area contributed by atoms with E-state index in [1.54, 1.807) is 47.7 Å². The number of rotatable bonds is 2. The average Bonchev–Trinajstić information content (AvgIpc) is 3.08. The van der Waals surface area contributed by atoms with E-state index in [0.29, 0.717) is 17.7 Å². The number of carbonyl (C=O) groups is 2. The minimum Gasteiger partial charge on any atom is -0.443 e. The summed E-state index contributed by atoms with van der Waals surface area (Å²) in [4.78, 5) is 25.7. The number of nitrogens with zero attached hydrogens (tertiary/aromatic N) is 3. The highest BCUT2D eigenvalue weighted by Crippen LogP contribution is 2.34. The molecule has 32 heavy (non-hydrogen) atoms. The average molecular weight is 447 g/mol. The monoisotopic (exact) mass is 446 g/mol. The van der Waals surface area contributed by atoms with E-state index in [-0.39, 0.29) is 6.23 Å². The molecule has 1 atom stereocenters. The van der Waals surface area contributed by atoms with Crippen LogP contribution in [-0.4, -0.2) is 39.8 Å². The highest BCUT2D eigenvalue weighted by molar-refractivity contribution is 6.02. The van der Waals surface area contributed by atoms with Crippen molar-refractivity contribution in [1.82, 2.24) is 15.2 Å². The Bertz CT molecular complexity index is 981. The molecule has 2 aromatic rings. The van der Waals surface area contributed by atoms with Crippen LogP contribution in [-0.2, 0) is 14.2 Å². The second kappa shape index (κ2) is 8.97. The van der Waals surface area contributed by atoms with E-state index >= 15 is 0 Å². The summed E-state index contributed by atoms with van der Waals surface area (Å²) in [6.45, 7) is 13.1. The normalized spacial score (nSPS) is 17.2. The Balaban J connectivity index is 2.05. The smallest absolute Gasteiger partial charge is 0.434 e. The Morgan fingerprint density at radius 2 is 1.81 bits per heavy atom. The maximum Gasteiger partial charge on any atom is 0.434 e. The molecular formula is C23H34N4O5. The van der Waals surface area contributed by atoms with Gasteiger partial charge in [0, 0.05) is 12.0 Å². The van der Waals surface area contributed by atoms with Gasteiger partial charge in [0.05, 0.1) is 17.4 Å². The van der Waals surface area contributed by atoms with Gasteiger partial charge in [-0.05, 0) is 79.4 Å². The molecule has 1 saturated heterocycles. The molecular weight excluding hydrogens is 412 g/mol. The molecule has 1 aliphatic heterocycles. The number of amides is 2. The molecule has 1 aromatic heterocycles. The quantitative estimate of drug-likeness (QED) is 0.635. The first kappa shape index (κ1) is 23.8. The summed E-state index contributed by atoms with van der Waals surface area (Å²) in [5.74, 6) is 0. The van der Waals surface area contributed by atoms with Crippen LogP contribution < -0.4 is 10.4 Å². The lowest BCUT2D eigenvalue weighted by molar-refractivity contribution is -0.0366. The number of ether oxygens (including phenoxy) is 3. The maximum atomic E-state index is 13.1. The van der Waals surface area contributed by atoms with E-state index in [2.05, 4.69) is 10.5 Å². The van der Waals surface area contributed by atoms with Gasteiger partial charge in [0.1, 0.15) is 11.2 Å². The van der Waals surface area contributed by atoms with Crippen molar-refractivity contribution in [2.75, 3.05) is 11.6 Å². The van der Waals surface area contributed by atoms with Gasteiger partial charge in [0.25, 0.3) is 0 Å². The van der Waals surface area contributed by atoms with Crippen molar-refractivity contribution in [3.63, 3.8) is 0 Å². The van der Waals surface area contributed by atoms with E-state index in [9.17, 15) is 9.59 Å². The molecule has 9 nitrogen and oxygen atoms in total. The number of hydrazine groups is 1. The number of aromatic nitrogens is 2. The van der Waals surface area contributed by atoms with E-state index in [1.807, 2.05) is 23.7 Å². The van der Waals surface area contributed by atoms with Crippen molar-refractivity contribution < 1.29 is 23.8 Å². The van der Waals surface area contributed by atoms with Crippen LogP contribution >= 0.6 is 0 Å². The van der Waals surface area contributed by atoms with Crippen molar-refractivity contribution in [2.24, 2.45) is 0 Å². The fourth-order valence-corrected chi connectivity index (χ4v) is 3.55. The lowest BCUT2D eigenvalue weighted by Gasteiger charge is -2.30. The molecule has 2 heterocycles. The van der Waals surface area contributed by atoms with Crippen LogP contribution in [0.2, 0.25) is 0 Å². The largest absolute Gasteiger partial charge is 0.443 e. The zero-order chi connectivity index (χ0) is 23.7. The Morgan fingerprint density at radius 3 is 2.41 bits per heavy atom. The number of carbonyl (C=O) groups excluding carboxylic acids is 2. The lowest BCUT2D eigenvalue weighted by Crippen LogP contribution is -2.50. The predicted molar refractivity (Wildman–Crippen MR) is 121 cm³/mol. The maximum absolute atomic E-state index is 13.1. The van der Waals surface area contributed by atoms with Crippen molar-refractivity contribution in [3.05, 3.63) is 23.9 Å². The molecule has 9 heteroatoms. The molecule has 0 saturated carbocycles. The highest BCUT2D eigenvalue weighted by atomic mass is 16.6. The Hall–Kier alpha value is -2.81. The van der Waals surface area contributed by atoms with Gasteiger partial charge in [-0.1, -0.05) is 6.07 Å². The first-order chi connectivity index (χ1) is 14.9. The third-order valence-electron chi connectivity index (χ3n) is 4.78. The van der Waals surface area contributed by atoms with Crippen molar-refractivity contribution >= 4 is 28.8 Å². The second-order valence-corrected chi connectivity index (χ2v) is 10.0. The van der Waals surface area contributed by atoms with Gasteiger partial charge in [-0.25, -0.2) is 19.7 Å². The second-order valence-electron chi connectivity index (χ2n) is 10.0. The SMILES string of the molecule is Cc1ccc2c(cnn2C2CCCCO2)c1N(NC(=O)OC(C)(C)C)C(=O)OC(C)(C)C. The molecule has 1 N–H and O–H groups in total. The number of fused-ring (bicyclic) bond motifs is 1. The number of benzene rings is 1. The third kappa shape index (κ3) is 5.70. The van der Waals surface area contributed by atoms with Crippen LogP contribution in [0.4, 0.5) is 15.3 Å². The molecule has 0 radical (unpaired) electrons. The van der Waals surface area contributed by atoms with Crippen LogP contribution in [0.3, 0.4) is 0 Å². The van der Waals surface area contributed by atoms with Crippen LogP contribution in [0.25, 0.3) is 10.9 Å². The predicted octanol–water partition coefficient (Wildman–Crippen LogP) is 5.23. The van der Waals surface area contributed by atoms with Gasteiger partial charge in [-0.2, -0.15) is 10.1 Å².